The Hall–Kier alpha value is -3.06. The molecule has 0 atom stereocenters. The van der Waals surface area contributed by atoms with Crippen molar-refractivity contribution in [3.63, 3.8) is 0 Å². The van der Waals surface area contributed by atoms with Crippen LogP contribution in [-0.4, -0.2) is 53.2 Å². The van der Waals surface area contributed by atoms with Crippen LogP contribution in [0.1, 0.15) is 5.69 Å². The molecule has 1 aromatic carbocycles. The number of nitrogens with zero attached hydrogens (tertiary/aromatic N) is 5. The van der Waals surface area contributed by atoms with Gasteiger partial charge in [0.2, 0.25) is 17.0 Å². The number of halogens is 3. The van der Waals surface area contributed by atoms with Crippen LogP contribution in [0, 0.1) is 0 Å². The number of nitrogen functional groups attached to an aromatic ring is 1. The predicted octanol–water partition coefficient (Wildman–Crippen LogP) is 2.91. The van der Waals surface area contributed by atoms with Crippen LogP contribution < -0.4 is 20.7 Å². The summed E-state index contributed by atoms with van der Waals surface area (Å²) in [7, 11) is 1.54. The Morgan fingerprint density at radius 3 is 2.67 bits per heavy atom. The SMILES string of the molecule is COc1cc(N2CCOCC2)ccc1Nc1nc(N)n(-c2nc(C(F)(F)F)cs2)n1. The first-order valence-electron chi connectivity index (χ1n) is 8.88. The Morgan fingerprint density at radius 2 is 2.00 bits per heavy atom. The zero-order valence-electron chi connectivity index (χ0n) is 15.8. The maximum absolute atomic E-state index is 12.8. The molecule has 2 aromatic heterocycles. The van der Waals surface area contributed by atoms with Crippen molar-refractivity contribution in [3.8, 4) is 10.9 Å². The van der Waals surface area contributed by atoms with Gasteiger partial charge in [-0.1, -0.05) is 0 Å². The van der Waals surface area contributed by atoms with Crippen LogP contribution in [0.25, 0.3) is 5.13 Å². The van der Waals surface area contributed by atoms with E-state index in [0.717, 1.165) is 40.2 Å². The lowest BCUT2D eigenvalue weighted by molar-refractivity contribution is -0.140. The van der Waals surface area contributed by atoms with E-state index in [2.05, 4.69) is 25.3 Å². The van der Waals surface area contributed by atoms with Crippen molar-refractivity contribution < 1.29 is 22.6 Å². The molecule has 1 aliphatic rings. The summed E-state index contributed by atoms with van der Waals surface area (Å²) in [6.45, 7) is 2.89. The van der Waals surface area contributed by atoms with Gasteiger partial charge >= 0.3 is 6.18 Å². The number of rotatable bonds is 5. The number of benzene rings is 1. The highest BCUT2D eigenvalue weighted by molar-refractivity contribution is 7.12. The molecular weight excluding hydrogens is 423 g/mol. The number of morpholine rings is 1. The normalized spacial score (nSPS) is 14.7. The van der Waals surface area contributed by atoms with E-state index in [0.29, 0.717) is 24.7 Å². The van der Waals surface area contributed by atoms with Crippen LogP contribution in [0.3, 0.4) is 0 Å². The standard InChI is InChI=1S/C17H18F3N7O2S/c1-28-12-8-10(26-4-6-29-7-5-26)2-3-11(12)22-15-24-14(21)27(25-15)16-23-13(9-30-16)17(18,19)20/h2-3,8-9H,4-7H2,1H3,(H3,21,22,24,25). The summed E-state index contributed by atoms with van der Waals surface area (Å²) in [4.78, 5) is 9.78. The average molecular weight is 441 g/mol. The van der Waals surface area contributed by atoms with Gasteiger partial charge in [-0.2, -0.15) is 22.8 Å². The van der Waals surface area contributed by atoms with Crippen molar-refractivity contribution in [1.29, 1.82) is 0 Å². The van der Waals surface area contributed by atoms with Crippen LogP contribution >= 0.6 is 11.3 Å². The fraction of sp³-hybridized carbons (Fsp3) is 0.353. The molecule has 30 heavy (non-hydrogen) atoms. The zero-order chi connectivity index (χ0) is 21.3. The number of alkyl halides is 3. The zero-order valence-corrected chi connectivity index (χ0v) is 16.6. The lowest BCUT2D eigenvalue weighted by atomic mass is 10.2. The highest BCUT2D eigenvalue weighted by Gasteiger charge is 2.34. The number of nitrogens with one attached hydrogen (secondary N) is 1. The minimum atomic E-state index is -4.54. The molecule has 0 aliphatic carbocycles. The molecule has 0 unspecified atom stereocenters. The number of nitrogens with two attached hydrogens (primary N) is 1. The van der Waals surface area contributed by atoms with Crippen LogP contribution in [-0.2, 0) is 10.9 Å². The van der Waals surface area contributed by atoms with Crippen LogP contribution in [0.15, 0.2) is 23.6 Å². The fourth-order valence-electron chi connectivity index (χ4n) is 2.93. The van der Waals surface area contributed by atoms with Gasteiger partial charge in [0, 0.05) is 30.2 Å². The lowest BCUT2D eigenvalue weighted by Gasteiger charge is -2.29. The Morgan fingerprint density at radius 1 is 1.23 bits per heavy atom. The van der Waals surface area contributed by atoms with Crippen molar-refractivity contribution in [2.45, 2.75) is 6.18 Å². The molecule has 3 aromatic rings. The summed E-state index contributed by atoms with van der Waals surface area (Å²) in [5.41, 5.74) is 6.39. The maximum Gasteiger partial charge on any atom is 0.434 e. The smallest absolute Gasteiger partial charge is 0.434 e. The lowest BCUT2D eigenvalue weighted by Crippen LogP contribution is -2.36. The maximum atomic E-state index is 12.8. The second-order valence-electron chi connectivity index (χ2n) is 6.33. The third kappa shape index (κ3) is 4.11. The Bertz CT molecular complexity index is 1030. The van der Waals surface area contributed by atoms with Gasteiger partial charge in [-0.25, -0.2) is 4.98 Å². The third-order valence-electron chi connectivity index (χ3n) is 4.40. The van der Waals surface area contributed by atoms with Gasteiger partial charge in [0.25, 0.3) is 0 Å². The first-order valence-corrected chi connectivity index (χ1v) is 9.76. The monoisotopic (exact) mass is 441 g/mol. The van der Waals surface area contributed by atoms with Crippen molar-refractivity contribution in [2.75, 3.05) is 49.4 Å². The molecule has 0 bridgehead atoms. The van der Waals surface area contributed by atoms with Gasteiger partial charge in [0.1, 0.15) is 5.75 Å². The first kappa shape index (κ1) is 20.2. The molecule has 1 aliphatic heterocycles. The number of anilines is 4. The first-order chi connectivity index (χ1) is 14.3. The van der Waals surface area contributed by atoms with Gasteiger partial charge in [0.05, 0.1) is 26.0 Å². The van der Waals surface area contributed by atoms with E-state index in [1.807, 2.05) is 18.2 Å². The predicted molar refractivity (Wildman–Crippen MR) is 106 cm³/mol. The largest absolute Gasteiger partial charge is 0.494 e. The number of hydrogen-bond acceptors (Lipinski definition) is 9. The summed E-state index contributed by atoms with van der Waals surface area (Å²) < 4.78 is 50.3. The summed E-state index contributed by atoms with van der Waals surface area (Å²) in [5, 5.41) is 7.98. The molecule has 9 nitrogen and oxygen atoms in total. The number of thiazole rings is 1. The van der Waals surface area contributed by atoms with Gasteiger partial charge in [0.15, 0.2) is 5.69 Å². The van der Waals surface area contributed by atoms with Gasteiger partial charge < -0.3 is 25.4 Å². The van der Waals surface area contributed by atoms with E-state index in [1.165, 1.54) is 7.11 Å². The van der Waals surface area contributed by atoms with Crippen LogP contribution in [0.2, 0.25) is 0 Å². The highest BCUT2D eigenvalue weighted by Crippen LogP contribution is 2.33. The van der Waals surface area contributed by atoms with Crippen LogP contribution in [0.5, 0.6) is 5.75 Å². The molecule has 160 valence electrons. The Labute approximate surface area is 173 Å². The van der Waals surface area contributed by atoms with E-state index in [-0.39, 0.29) is 17.0 Å². The second-order valence-corrected chi connectivity index (χ2v) is 7.16. The summed E-state index contributed by atoms with van der Waals surface area (Å²) >= 11 is 0.770. The van der Waals surface area contributed by atoms with E-state index in [9.17, 15) is 13.2 Å². The topological polar surface area (TPSA) is 103 Å². The number of methoxy groups -OCH3 is 1. The third-order valence-corrected chi connectivity index (χ3v) is 5.22. The molecule has 1 saturated heterocycles. The van der Waals surface area contributed by atoms with Crippen molar-refractivity contribution in [3.05, 3.63) is 29.3 Å². The Balaban J connectivity index is 1.56. The molecule has 1 fully saturated rings. The van der Waals surface area contributed by atoms with E-state index in [4.69, 9.17) is 15.2 Å². The molecule has 0 saturated carbocycles. The summed E-state index contributed by atoms with van der Waals surface area (Å²) in [5.74, 6) is 0.570. The Kier molecular flexibility index (Phi) is 5.39. The van der Waals surface area contributed by atoms with Crippen LogP contribution in [0.4, 0.5) is 36.4 Å². The molecule has 0 amide bonds. The van der Waals surface area contributed by atoms with Gasteiger partial charge in [-0.3, -0.25) is 0 Å². The van der Waals surface area contributed by atoms with E-state index >= 15 is 0 Å². The van der Waals surface area contributed by atoms with Crippen molar-refractivity contribution >= 4 is 34.6 Å². The molecule has 3 heterocycles. The van der Waals surface area contributed by atoms with Crippen molar-refractivity contribution in [2.24, 2.45) is 0 Å². The van der Waals surface area contributed by atoms with Gasteiger partial charge in [-0.05, 0) is 12.1 Å². The molecule has 0 radical (unpaired) electrons. The minimum Gasteiger partial charge on any atom is -0.494 e. The van der Waals surface area contributed by atoms with E-state index in [1.54, 1.807) is 0 Å². The average Bonchev–Trinajstić information content (AvgIpc) is 3.35. The molecule has 0 spiro atoms. The van der Waals surface area contributed by atoms with Gasteiger partial charge in [-0.15, -0.1) is 16.4 Å². The molecule has 13 heteroatoms. The minimum absolute atomic E-state index is 0.0324. The summed E-state index contributed by atoms with van der Waals surface area (Å²) in [6, 6.07) is 5.61. The number of ether oxygens (including phenoxy) is 2. The summed E-state index contributed by atoms with van der Waals surface area (Å²) in [6.07, 6.45) is -4.54. The molecular formula is C17H18F3N7O2S. The highest BCUT2D eigenvalue weighted by atomic mass is 32.1. The quantitative estimate of drug-likeness (QED) is 0.623. The van der Waals surface area contributed by atoms with E-state index < -0.39 is 11.9 Å². The molecule has 4 rings (SSSR count). The second kappa shape index (κ2) is 7.99. The number of aromatic nitrogens is 4. The van der Waals surface area contributed by atoms with Crippen molar-refractivity contribution in [1.82, 2.24) is 19.7 Å². The fourth-order valence-corrected chi connectivity index (χ4v) is 3.72. The number of hydrogen-bond donors (Lipinski definition) is 2. The molecule has 3 N–H and O–H groups in total.